The van der Waals surface area contributed by atoms with Crippen molar-refractivity contribution < 1.29 is 9.47 Å². The molecule has 0 radical (unpaired) electrons. The summed E-state index contributed by atoms with van der Waals surface area (Å²) >= 11 is 0. The van der Waals surface area contributed by atoms with Crippen LogP contribution in [0.4, 0.5) is 0 Å². The standard InChI is InChI=1S/C16H17NO2/c17-9-15(5-6-15)16(10-18-11-16)13-3-4-14-12(8-13)2-1-7-19-14/h3-4,8H,1-2,5-7,10-11H2. The van der Waals surface area contributed by atoms with E-state index in [0.717, 1.165) is 38.0 Å². The van der Waals surface area contributed by atoms with Gasteiger partial charge in [-0.15, -0.1) is 0 Å². The van der Waals surface area contributed by atoms with E-state index in [9.17, 15) is 5.26 Å². The Morgan fingerprint density at radius 3 is 2.68 bits per heavy atom. The van der Waals surface area contributed by atoms with Crippen LogP contribution >= 0.6 is 0 Å². The molecule has 0 N–H and O–H groups in total. The SMILES string of the molecule is N#CC1(C2(c3ccc4c(c3)CCCO4)COC2)CC1. The van der Waals surface area contributed by atoms with Crippen molar-refractivity contribution in [1.82, 2.24) is 0 Å². The van der Waals surface area contributed by atoms with Crippen molar-refractivity contribution in [3.63, 3.8) is 0 Å². The van der Waals surface area contributed by atoms with Crippen LogP contribution in [0, 0.1) is 16.7 Å². The molecule has 0 bridgehead atoms. The van der Waals surface area contributed by atoms with Crippen LogP contribution in [0.1, 0.15) is 30.4 Å². The van der Waals surface area contributed by atoms with Gasteiger partial charge in [0.2, 0.25) is 0 Å². The van der Waals surface area contributed by atoms with Crippen LogP contribution in [-0.4, -0.2) is 19.8 Å². The summed E-state index contributed by atoms with van der Waals surface area (Å²) in [4.78, 5) is 0. The number of benzene rings is 1. The molecule has 0 spiro atoms. The predicted octanol–water partition coefficient (Wildman–Crippen LogP) is 2.58. The highest BCUT2D eigenvalue weighted by molar-refractivity contribution is 5.46. The topological polar surface area (TPSA) is 42.2 Å². The number of nitriles is 1. The summed E-state index contributed by atoms with van der Waals surface area (Å²) in [5.74, 6) is 1.02. The van der Waals surface area contributed by atoms with Gasteiger partial charge < -0.3 is 9.47 Å². The first-order valence-electron chi connectivity index (χ1n) is 7.05. The minimum absolute atomic E-state index is 0.0613. The zero-order valence-electron chi connectivity index (χ0n) is 10.9. The molecule has 3 heteroatoms. The van der Waals surface area contributed by atoms with Gasteiger partial charge >= 0.3 is 0 Å². The van der Waals surface area contributed by atoms with Crippen molar-refractivity contribution >= 4 is 0 Å². The molecule has 98 valence electrons. The molecule has 4 rings (SSSR count). The Kier molecular flexibility index (Phi) is 2.23. The molecule has 3 aliphatic rings. The van der Waals surface area contributed by atoms with E-state index in [1.165, 1.54) is 11.1 Å². The van der Waals surface area contributed by atoms with Crippen LogP contribution in [0.2, 0.25) is 0 Å². The van der Waals surface area contributed by atoms with Crippen LogP contribution in [-0.2, 0) is 16.6 Å². The highest BCUT2D eigenvalue weighted by atomic mass is 16.5. The first-order chi connectivity index (χ1) is 9.30. The minimum Gasteiger partial charge on any atom is -0.493 e. The van der Waals surface area contributed by atoms with Gasteiger partial charge in [-0.05, 0) is 42.9 Å². The van der Waals surface area contributed by atoms with Crippen molar-refractivity contribution in [2.24, 2.45) is 5.41 Å². The van der Waals surface area contributed by atoms with Crippen molar-refractivity contribution in [3.8, 4) is 11.8 Å². The van der Waals surface area contributed by atoms with Crippen molar-refractivity contribution in [3.05, 3.63) is 29.3 Å². The summed E-state index contributed by atoms with van der Waals surface area (Å²) in [7, 11) is 0. The van der Waals surface area contributed by atoms with Gasteiger partial charge in [0.05, 0.1) is 36.7 Å². The Morgan fingerprint density at radius 2 is 2.05 bits per heavy atom. The third-order valence-electron chi connectivity index (χ3n) is 5.04. The molecule has 1 aliphatic carbocycles. The highest BCUT2D eigenvalue weighted by Crippen LogP contribution is 2.62. The smallest absolute Gasteiger partial charge is 0.122 e. The van der Waals surface area contributed by atoms with Gasteiger partial charge in [-0.25, -0.2) is 0 Å². The maximum Gasteiger partial charge on any atom is 0.122 e. The first-order valence-corrected chi connectivity index (χ1v) is 7.05. The highest BCUT2D eigenvalue weighted by Gasteiger charge is 2.64. The number of hydrogen-bond acceptors (Lipinski definition) is 3. The normalized spacial score (nSPS) is 25.4. The average molecular weight is 255 g/mol. The molecule has 0 unspecified atom stereocenters. The number of nitrogens with zero attached hydrogens (tertiary/aromatic N) is 1. The lowest BCUT2D eigenvalue weighted by molar-refractivity contribution is -0.0867. The first kappa shape index (κ1) is 11.3. The molecule has 19 heavy (non-hydrogen) atoms. The van der Waals surface area contributed by atoms with E-state index in [1.807, 2.05) is 0 Å². The van der Waals surface area contributed by atoms with Gasteiger partial charge in [0, 0.05) is 0 Å². The Hall–Kier alpha value is -1.53. The van der Waals surface area contributed by atoms with Gasteiger partial charge in [-0.3, -0.25) is 0 Å². The summed E-state index contributed by atoms with van der Waals surface area (Å²) in [6, 6.07) is 9.04. The number of fused-ring (bicyclic) bond motifs is 1. The predicted molar refractivity (Wildman–Crippen MR) is 70.0 cm³/mol. The minimum atomic E-state index is -0.172. The number of ether oxygens (including phenoxy) is 2. The number of hydrogen-bond donors (Lipinski definition) is 0. The lowest BCUT2D eigenvalue weighted by Gasteiger charge is -2.46. The fraction of sp³-hybridized carbons (Fsp3) is 0.562. The van der Waals surface area contributed by atoms with E-state index in [4.69, 9.17) is 9.47 Å². The van der Waals surface area contributed by atoms with E-state index in [1.54, 1.807) is 0 Å². The van der Waals surface area contributed by atoms with Gasteiger partial charge in [0.1, 0.15) is 5.75 Å². The van der Waals surface area contributed by atoms with Crippen LogP contribution in [0.5, 0.6) is 5.75 Å². The molecule has 3 nitrogen and oxygen atoms in total. The molecule has 1 aromatic rings. The fourth-order valence-corrected chi connectivity index (χ4v) is 3.51. The molecule has 2 aliphatic heterocycles. The number of rotatable bonds is 2. The maximum atomic E-state index is 9.53. The summed E-state index contributed by atoms with van der Waals surface area (Å²) < 4.78 is 11.2. The molecule has 2 heterocycles. The molecule has 0 amide bonds. The van der Waals surface area contributed by atoms with Crippen LogP contribution in [0.3, 0.4) is 0 Å². The zero-order valence-corrected chi connectivity index (χ0v) is 10.9. The van der Waals surface area contributed by atoms with Gasteiger partial charge in [-0.2, -0.15) is 5.26 Å². The second-order valence-electron chi connectivity index (χ2n) is 6.04. The zero-order chi connectivity index (χ0) is 12.9. The summed E-state index contributed by atoms with van der Waals surface area (Å²) in [6.07, 6.45) is 4.20. The Labute approximate surface area is 113 Å². The number of aryl methyl sites for hydroxylation is 1. The second kappa shape index (κ2) is 3.74. The summed E-state index contributed by atoms with van der Waals surface area (Å²) in [5, 5.41) is 9.53. The maximum absolute atomic E-state index is 9.53. The van der Waals surface area contributed by atoms with Crippen LogP contribution in [0.15, 0.2) is 18.2 Å². The van der Waals surface area contributed by atoms with E-state index in [2.05, 4.69) is 24.3 Å². The third-order valence-corrected chi connectivity index (χ3v) is 5.04. The van der Waals surface area contributed by atoms with E-state index < -0.39 is 0 Å². The second-order valence-corrected chi connectivity index (χ2v) is 6.04. The summed E-state index contributed by atoms with van der Waals surface area (Å²) in [5.41, 5.74) is 2.34. The Balaban J connectivity index is 1.77. The van der Waals surface area contributed by atoms with Crippen molar-refractivity contribution in [2.75, 3.05) is 19.8 Å². The molecule has 1 saturated carbocycles. The molecule has 2 fully saturated rings. The van der Waals surface area contributed by atoms with Crippen LogP contribution in [0.25, 0.3) is 0 Å². The lowest BCUT2D eigenvalue weighted by Crippen LogP contribution is -2.53. The molecule has 0 atom stereocenters. The van der Waals surface area contributed by atoms with Gasteiger partial charge in [0.15, 0.2) is 0 Å². The monoisotopic (exact) mass is 255 g/mol. The Morgan fingerprint density at radius 1 is 1.21 bits per heavy atom. The van der Waals surface area contributed by atoms with Gasteiger partial charge in [-0.1, -0.05) is 12.1 Å². The molecule has 1 aromatic carbocycles. The largest absolute Gasteiger partial charge is 0.493 e. The van der Waals surface area contributed by atoms with E-state index in [-0.39, 0.29) is 10.8 Å². The molecule has 1 saturated heterocycles. The van der Waals surface area contributed by atoms with E-state index in [0.29, 0.717) is 13.2 Å². The Bertz CT molecular complexity index is 565. The van der Waals surface area contributed by atoms with Crippen molar-refractivity contribution in [2.45, 2.75) is 31.1 Å². The lowest BCUT2D eigenvalue weighted by atomic mass is 9.66. The van der Waals surface area contributed by atoms with E-state index >= 15 is 0 Å². The fourth-order valence-electron chi connectivity index (χ4n) is 3.51. The van der Waals surface area contributed by atoms with Crippen molar-refractivity contribution in [1.29, 1.82) is 5.26 Å². The molecule has 0 aromatic heterocycles. The van der Waals surface area contributed by atoms with Crippen LogP contribution < -0.4 is 4.74 Å². The molecular weight excluding hydrogens is 238 g/mol. The molecular formula is C16H17NO2. The van der Waals surface area contributed by atoms with Gasteiger partial charge in [0.25, 0.3) is 0 Å². The summed E-state index contributed by atoms with van der Waals surface area (Å²) in [6.45, 7) is 2.21. The average Bonchev–Trinajstić information content (AvgIpc) is 3.19. The third kappa shape index (κ3) is 1.41. The quantitative estimate of drug-likeness (QED) is 0.815.